The number of alkyl halides is 3. The minimum absolute atomic E-state index is 0.0243. The number of aliphatic imine (C=N–C) groups is 1. The number of nitrogens with zero attached hydrogens (tertiary/aromatic N) is 1. The van der Waals surface area contributed by atoms with Crippen LogP contribution in [0.15, 0.2) is 29.3 Å². The molecule has 2 aliphatic carbocycles. The monoisotopic (exact) mass is 383 g/mol. The third-order valence-corrected chi connectivity index (χ3v) is 5.52. The molecule has 0 unspecified atom stereocenters. The molecule has 0 atom stereocenters. The van der Waals surface area contributed by atoms with E-state index in [-0.39, 0.29) is 18.9 Å². The first-order valence-electron chi connectivity index (χ1n) is 9.74. The van der Waals surface area contributed by atoms with Crippen LogP contribution in [0.5, 0.6) is 5.75 Å². The van der Waals surface area contributed by atoms with E-state index in [0.717, 1.165) is 24.2 Å². The van der Waals surface area contributed by atoms with E-state index >= 15 is 0 Å². The van der Waals surface area contributed by atoms with E-state index in [2.05, 4.69) is 15.6 Å². The molecule has 0 radical (unpaired) electrons. The molecule has 2 fully saturated rings. The van der Waals surface area contributed by atoms with Crippen molar-refractivity contribution in [2.45, 2.75) is 69.8 Å². The number of guanidine groups is 1. The zero-order valence-electron chi connectivity index (χ0n) is 15.7. The number of ether oxygens (including phenoxy) is 1. The molecular weight excluding hydrogens is 355 g/mol. The van der Waals surface area contributed by atoms with Crippen molar-refractivity contribution in [2.75, 3.05) is 7.05 Å². The Morgan fingerprint density at radius 2 is 1.81 bits per heavy atom. The van der Waals surface area contributed by atoms with Crippen LogP contribution in [0.3, 0.4) is 0 Å². The van der Waals surface area contributed by atoms with Gasteiger partial charge in [-0.05, 0) is 51.0 Å². The first kappa shape index (κ1) is 19.8. The average molecular weight is 383 g/mol. The van der Waals surface area contributed by atoms with E-state index in [1.807, 2.05) is 24.3 Å². The lowest BCUT2D eigenvalue weighted by molar-refractivity contribution is -0.182. The van der Waals surface area contributed by atoms with Gasteiger partial charge in [-0.25, -0.2) is 0 Å². The number of hydrogen-bond donors (Lipinski definition) is 2. The van der Waals surface area contributed by atoms with E-state index in [1.54, 1.807) is 7.05 Å². The lowest BCUT2D eigenvalue weighted by atomic mass is 9.85. The fraction of sp³-hybridized carbons (Fsp3) is 0.650. The van der Waals surface area contributed by atoms with Gasteiger partial charge >= 0.3 is 6.18 Å². The van der Waals surface area contributed by atoms with Gasteiger partial charge < -0.3 is 15.4 Å². The molecule has 0 amide bonds. The standard InChI is InChI=1S/C20H28F3N3O/c1-24-19(26-16-11-9-15(10-12-16)20(21,22)23)25-13-14-5-2-3-8-18(14)27-17-6-4-7-17/h2-3,5,8,15-17H,4,6-7,9-13H2,1H3,(H2,24,25,26). The number of nitrogens with one attached hydrogen (secondary N) is 2. The second-order valence-corrected chi connectivity index (χ2v) is 7.44. The molecule has 0 aromatic heterocycles. The summed E-state index contributed by atoms with van der Waals surface area (Å²) in [6, 6.07) is 7.95. The molecular formula is C20H28F3N3O. The Labute approximate surface area is 158 Å². The Kier molecular flexibility index (Phi) is 6.50. The van der Waals surface area contributed by atoms with Crippen molar-refractivity contribution in [3.8, 4) is 5.75 Å². The van der Waals surface area contributed by atoms with Gasteiger partial charge in [0.25, 0.3) is 0 Å². The maximum atomic E-state index is 12.8. The largest absolute Gasteiger partial charge is 0.490 e. The Morgan fingerprint density at radius 3 is 2.41 bits per heavy atom. The van der Waals surface area contributed by atoms with Gasteiger partial charge in [-0.1, -0.05) is 18.2 Å². The molecule has 2 saturated carbocycles. The summed E-state index contributed by atoms with van der Waals surface area (Å²) in [6.07, 6.45) is 1.03. The maximum absolute atomic E-state index is 12.8. The predicted octanol–water partition coefficient (Wildman–Crippen LogP) is 4.40. The predicted molar refractivity (Wildman–Crippen MR) is 99.8 cm³/mol. The molecule has 3 rings (SSSR count). The Hall–Kier alpha value is -1.92. The molecule has 7 heteroatoms. The lowest BCUT2D eigenvalue weighted by Crippen LogP contribution is -2.45. The highest BCUT2D eigenvalue weighted by Gasteiger charge is 2.41. The van der Waals surface area contributed by atoms with Crippen LogP contribution in [0.4, 0.5) is 13.2 Å². The molecule has 0 bridgehead atoms. The van der Waals surface area contributed by atoms with Crippen molar-refractivity contribution in [1.29, 1.82) is 0 Å². The van der Waals surface area contributed by atoms with Crippen LogP contribution < -0.4 is 15.4 Å². The SMILES string of the molecule is CN=C(NCc1ccccc1OC1CCC1)NC1CCC(C(F)(F)F)CC1. The summed E-state index contributed by atoms with van der Waals surface area (Å²) in [5, 5.41) is 6.52. The highest BCUT2D eigenvalue weighted by molar-refractivity contribution is 5.80. The highest BCUT2D eigenvalue weighted by Crippen LogP contribution is 2.37. The molecule has 2 N–H and O–H groups in total. The number of para-hydroxylation sites is 1. The number of halogens is 3. The first-order chi connectivity index (χ1) is 13.0. The van der Waals surface area contributed by atoms with E-state index in [1.165, 1.54) is 6.42 Å². The van der Waals surface area contributed by atoms with Crippen molar-refractivity contribution in [1.82, 2.24) is 10.6 Å². The van der Waals surface area contributed by atoms with Gasteiger partial charge in [0.1, 0.15) is 5.75 Å². The van der Waals surface area contributed by atoms with Crippen LogP contribution in [0.2, 0.25) is 0 Å². The Balaban J connectivity index is 1.49. The molecule has 0 saturated heterocycles. The summed E-state index contributed by atoms with van der Waals surface area (Å²) in [7, 11) is 1.67. The summed E-state index contributed by atoms with van der Waals surface area (Å²) >= 11 is 0. The summed E-state index contributed by atoms with van der Waals surface area (Å²) in [5.41, 5.74) is 1.05. The summed E-state index contributed by atoms with van der Waals surface area (Å²) in [5.74, 6) is 0.334. The molecule has 0 heterocycles. The van der Waals surface area contributed by atoms with Gasteiger partial charge in [-0.2, -0.15) is 13.2 Å². The van der Waals surface area contributed by atoms with Crippen LogP contribution in [0, 0.1) is 5.92 Å². The summed E-state index contributed by atoms with van der Waals surface area (Å²) in [4.78, 5) is 4.21. The van der Waals surface area contributed by atoms with E-state index < -0.39 is 12.1 Å². The second-order valence-electron chi connectivity index (χ2n) is 7.44. The number of rotatable bonds is 5. The van der Waals surface area contributed by atoms with E-state index in [0.29, 0.717) is 31.4 Å². The zero-order valence-corrected chi connectivity index (χ0v) is 15.7. The van der Waals surface area contributed by atoms with Crippen LogP contribution >= 0.6 is 0 Å². The van der Waals surface area contributed by atoms with Crippen molar-refractivity contribution >= 4 is 5.96 Å². The molecule has 27 heavy (non-hydrogen) atoms. The zero-order chi connectivity index (χ0) is 19.3. The molecule has 2 aliphatic rings. The fourth-order valence-corrected chi connectivity index (χ4v) is 3.57. The molecule has 0 spiro atoms. The quantitative estimate of drug-likeness (QED) is 0.585. The Morgan fingerprint density at radius 1 is 1.11 bits per heavy atom. The topological polar surface area (TPSA) is 45.7 Å². The minimum atomic E-state index is -4.07. The van der Waals surface area contributed by atoms with Crippen LogP contribution in [-0.4, -0.2) is 31.3 Å². The van der Waals surface area contributed by atoms with Gasteiger partial charge in [-0.15, -0.1) is 0 Å². The van der Waals surface area contributed by atoms with Crippen molar-refractivity contribution in [2.24, 2.45) is 10.9 Å². The highest BCUT2D eigenvalue weighted by atomic mass is 19.4. The van der Waals surface area contributed by atoms with Gasteiger partial charge in [-0.3, -0.25) is 4.99 Å². The second kappa shape index (κ2) is 8.85. The third-order valence-electron chi connectivity index (χ3n) is 5.52. The van der Waals surface area contributed by atoms with Gasteiger partial charge in [0.15, 0.2) is 5.96 Å². The molecule has 1 aromatic carbocycles. The van der Waals surface area contributed by atoms with Gasteiger partial charge in [0.2, 0.25) is 0 Å². The van der Waals surface area contributed by atoms with Crippen LogP contribution in [-0.2, 0) is 6.54 Å². The fourth-order valence-electron chi connectivity index (χ4n) is 3.57. The lowest BCUT2D eigenvalue weighted by Gasteiger charge is -2.31. The van der Waals surface area contributed by atoms with E-state index in [4.69, 9.17) is 4.74 Å². The van der Waals surface area contributed by atoms with Crippen molar-refractivity contribution < 1.29 is 17.9 Å². The summed E-state index contributed by atoms with van der Waals surface area (Å²) in [6.45, 7) is 0.556. The minimum Gasteiger partial charge on any atom is -0.490 e. The molecule has 4 nitrogen and oxygen atoms in total. The van der Waals surface area contributed by atoms with Crippen LogP contribution in [0.25, 0.3) is 0 Å². The third kappa shape index (κ3) is 5.53. The van der Waals surface area contributed by atoms with Crippen LogP contribution in [0.1, 0.15) is 50.5 Å². The molecule has 0 aliphatic heterocycles. The normalized spacial score (nSPS) is 24.2. The molecule has 1 aromatic rings. The number of hydrogen-bond acceptors (Lipinski definition) is 2. The van der Waals surface area contributed by atoms with Crippen molar-refractivity contribution in [3.05, 3.63) is 29.8 Å². The Bertz CT molecular complexity index is 636. The van der Waals surface area contributed by atoms with Gasteiger partial charge in [0, 0.05) is 25.2 Å². The van der Waals surface area contributed by atoms with E-state index in [9.17, 15) is 13.2 Å². The number of benzene rings is 1. The van der Waals surface area contributed by atoms with Crippen molar-refractivity contribution in [3.63, 3.8) is 0 Å². The average Bonchev–Trinajstić information content (AvgIpc) is 2.62. The smallest absolute Gasteiger partial charge is 0.391 e. The van der Waals surface area contributed by atoms with Gasteiger partial charge in [0.05, 0.1) is 12.0 Å². The molecule has 150 valence electrons. The first-order valence-corrected chi connectivity index (χ1v) is 9.74. The maximum Gasteiger partial charge on any atom is 0.391 e. The summed E-state index contributed by atoms with van der Waals surface area (Å²) < 4.78 is 44.4.